The fourth-order valence-corrected chi connectivity index (χ4v) is 2.35. The van der Waals surface area contributed by atoms with Crippen molar-refractivity contribution in [3.05, 3.63) is 24.0 Å². The van der Waals surface area contributed by atoms with E-state index < -0.39 is 0 Å². The smallest absolute Gasteiger partial charge is 0.245 e. The third-order valence-corrected chi connectivity index (χ3v) is 3.56. The topological polar surface area (TPSA) is 78.2 Å². The van der Waals surface area contributed by atoms with Crippen LogP contribution in [0.2, 0.25) is 0 Å². The summed E-state index contributed by atoms with van der Waals surface area (Å²) in [5, 5.41) is 12.2. The molecule has 1 N–H and O–H groups in total. The van der Waals surface area contributed by atoms with Crippen molar-refractivity contribution in [2.75, 3.05) is 24.7 Å². The number of ether oxygens (including phenoxy) is 1. The van der Waals surface area contributed by atoms with Crippen LogP contribution in [0.4, 0.5) is 5.69 Å². The predicted molar refractivity (Wildman–Crippen MR) is 72.1 cm³/mol. The van der Waals surface area contributed by atoms with Crippen LogP contribution in [-0.4, -0.2) is 42.7 Å². The number of pyridine rings is 1. The molecule has 1 saturated carbocycles. The van der Waals surface area contributed by atoms with Crippen LogP contribution in [0, 0.1) is 11.3 Å². The van der Waals surface area contributed by atoms with Gasteiger partial charge in [0.25, 0.3) is 0 Å². The highest BCUT2D eigenvalue weighted by atomic mass is 16.5. The van der Waals surface area contributed by atoms with Gasteiger partial charge < -0.3 is 15.0 Å². The van der Waals surface area contributed by atoms with Gasteiger partial charge >= 0.3 is 0 Å². The van der Waals surface area contributed by atoms with E-state index >= 15 is 0 Å². The third kappa shape index (κ3) is 2.58. The first-order valence-electron chi connectivity index (χ1n) is 6.79. The minimum Gasteiger partial charge on any atom is -0.377 e. The molecule has 3 rings (SSSR count). The Morgan fingerprint density at radius 2 is 2.40 bits per heavy atom. The molecular weight excluding hydrogens is 256 g/mol. The number of rotatable bonds is 3. The largest absolute Gasteiger partial charge is 0.377 e. The molecule has 2 aliphatic rings. The number of amides is 1. The molecule has 6 nitrogen and oxygen atoms in total. The van der Waals surface area contributed by atoms with Crippen LogP contribution in [0.5, 0.6) is 0 Å². The Bertz CT molecular complexity index is 550. The van der Waals surface area contributed by atoms with E-state index in [1.54, 1.807) is 12.3 Å². The summed E-state index contributed by atoms with van der Waals surface area (Å²) in [4.78, 5) is 18.3. The Labute approximate surface area is 117 Å². The van der Waals surface area contributed by atoms with Crippen LogP contribution in [0.25, 0.3) is 0 Å². The maximum absolute atomic E-state index is 12.3. The summed E-state index contributed by atoms with van der Waals surface area (Å²) in [7, 11) is 0. The number of nitrogens with one attached hydrogen (secondary N) is 1. The van der Waals surface area contributed by atoms with Crippen molar-refractivity contribution in [3.63, 3.8) is 0 Å². The van der Waals surface area contributed by atoms with Crippen LogP contribution in [0.15, 0.2) is 18.3 Å². The summed E-state index contributed by atoms with van der Waals surface area (Å²) < 4.78 is 5.42. The van der Waals surface area contributed by atoms with Gasteiger partial charge in [-0.15, -0.1) is 0 Å². The standard InChI is InChI=1S/C14H16N4O2/c15-8-11-12(2-1-5-16-11)18-6-7-20-9-13(18)14(19)17-10-3-4-10/h1-2,5,10,13H,3-4,6-7,9H2,(H,17,19). The van der Waals surface area contributed by atoms with Crippen LogP contribution in [0.3, 0.4) is 0 Å². The monoisotopic (exact) mass is 272 g/mol. The van der Waals surface area contributed by atoms with E-state index in [0.717, 1.165) is 12.8 Å². The van der Waals surface area contributed by atoms with Crippen LogP contribution < -0.4 is 10.2 Å². The Hall–Kier alpha value is -2.13. The number of nitriles is 1. The van der Waals surface area contributed by atoms with Crippen LogP contribution in [0.1, 0.15) is 18.5 Å². The second-order valence-electron chi connectivity index (χ2n) is 5.05. The van der Waals surface area contributed by atoms with Crippen molar-refractivity contribution < 1.29 is 9.53 Å². The molecule has 1 saturated heterocycles. The van der Waals surface area contributed by atoms with Crippen LogP contribution >= 0.6 is 0 Å². The Morgan fingerprint density at radius 1 is 1.55 bits per heavy atom. The summed E-state index contributed by atoms with van der Waals surface area (Å²) in [6.45, 7) is 1.48. The van der Waals surface area contributed by atoms with Gasteiger partial charge in [-0.2, -0.15) is 5.26 Å². The second kappa shape index (κ2) is 5.47. The lowest BCUT2D eigenvalue weighted by atomic mass is 10.1. The van der Waals surface area contributed by atoms with Crippen molar-refractivity contribution >= 4 is 11.6 Å². The number of aromatic nitrogens is 1. The fraction of sp³-hybridized carbons (Fsp3) is 0.500. The quantitative estimate of drug-likeness (QED) is 0.863. The molecular formula is C14H16N4O2. The highest BCUT2D eigenvalue weighted by molar-refractivity contribution is 5.86. The van der Waals surface area contributed by atoms with Gasteiger partial charge in [0.2, 0.25) is 5.91 Å². The van der Waals surface area contributed by atoms with E-state index in [1.165, 1.54) is 0 Å². The van der Waals surface area contributed by atoms with Gasteiger partial charge in [-0.05, 0) is 25.0 Å². The number of hydrogen-bond donors (Lipinski definition) is 1. The van der Waals surface area contributed by atoms with E-state index in [2.05, 4.69) is 16.4 Å². The maximum Gasteiger partial charge on any atom is 0.245 e. The molecule has 1 unspecified atom stereocenters. The lowest BCUT2D eigenvalue weighted by Gasteiger charge is -2.36. The summed E-state index contributed by atoms with van der Waals surface area (Å²) in [5.74, 6) is -0.0278. The first-order chi connectivity index (χ1) is 9.79. The molecule has 1 aromatic rings. The van der Waals surface area contributed by atoms with Gasteiger partial charge in [0, 0.05) is 18.8 Å². The number of morpholine rings is 1. The maximum atomic E-state index is 12.3. The minimum atomic E-state index is -0.388. The normalized spacial score (nSPS) is 22.1. The van der Waals surface area contributed by atoms with E-state index in [4.69, 9.17) is 10.00 Å². The van der Waals surface area contributed by atoms with E-state index in [1.807, 2.05) is 11.0 Å². The first kappa shape index (κ1) is 12.9. The molecule has 2 fully saturated rings. The number of carbonyl (C=O) groups excluding carboxylic acids is 1. The first-order valence-corrected chi connectivity index (χ1v) is 6.79. The molecule has 2 heterocycles. The van der Waals surface area contributed by atoms with E-state index in [0.29, 0.717) is 37.2 Å². The molecule has 0 aromatic carbocycles. The van der Waals surface area contributed by atoms with Gasteiger partial charge in [-0.3, -0.25) is 4.79 Å². The second-order valence-corrected chi connectivity index (χ2v) is 5.05. The molecule has 1 amide bonds. The van der Waals surface area contributed by atoms with E-state index in [9.17, 15) is 4.79 Å². The zero-order valence-corrected chi connectivity index (χ0v) is 11.1. The molecule has 104 valence electrons. The molecule has 0 spiro atoms. The molecule has 0 radical (unpaired) electrons. The molecule has 6 heteroatoms. The van der Waals surface area contributed by atoms with Crippen molar-refractivity contribution in [1.82, 2.24) is 10.3 Å². The van der Waals surface area contributed by atoms with E-state index in [-0.39, 0.29) is 11.9 Å². The molecule has 1 aromatic heterocycles. The highest BCUT2D eigenvalue weighted by Crippen LogP contribution is 2.24. The van der Waals surface area contributed by atoms with Crippen molar-refractivity contribution in [1.29, 1.82) is 5.26 Å². The zero-order chi connectivity index (χ0) is 13.9. The number of anilines is 1. The number of hydrogen-bond acceptors (Lipinski definition) is 5. The number of nitrogens with zero attached hydrogens (tertiary/aromatic N) is 3. The average molecular weight is 272 g/mol. The lowest BCUT2D eigenvalue weighted by molar-refractivity contribution is -0.124. The van der Waals surface area contributed by atoms with Crippen molar-refractivity contribution in [2.24, 2.45) is 0 Å². The van der Waals surface area contributed by atoms with Gasteiger partial charge in [0.05, 0.1) is 18.9 Å². The summed E-state index contributed by atoms with van der Waals surface area (Å²) in [6, 6.07) is 5.61. The van der Waals surface area contributed by atoms with Crippen molar-refractivity contribution in [2.45, 2.75) is 24.9 Å². The molecule has 1 aliphatic heterocycles. The lowest BCUT2D eigenvalue weighted by Crippen LogP contribution is -2.54. The molecule has 20 heavy (non-hydrogen) atoms. The summed E-state index contributed by atoms with van der Waals surface area (Å²) in [6.07, 6.45) is 3.69. The Morgan fingerprint density at radius 3 is 3.15 bits per heavy atom. The van der Waals surface area contributed by atoms with Crippen LogP contribution in [-0.2, 0) is 9.53 Å². The third-order valence-electron chi connectivity index (χ3n) is 3.56. The molecule has 1 aliphatic carbocycles. The highest BCUT2D eigenvalue weighted by Gasteiger charge is 2.34. The average Bonchev–Trinajstić information content (AvgIpc) is 3.31. The zero-order valence-electron chi connectivity index (χ0n) is 11.1. The Balaban J connectivity index is 1.84. The fourth-order valence-electron chi connectivity index (χ4n) is 2.35. The SMILES string of the molecule is N#Cc1ncccc1N1CCOCC1C(=O)NC1CC1. The van der Waals surface area contributed by atoms with Crippen molar-refractivity contribution in [3.8, 4) is 6.07 Å². The predicted octanol–water partition coefficient (Wildman–Crippen LogP) is 0.437. The molecule has 1 atom stereocenters. The Kier molecular flexibility index (Phi) is 3.52. The van der Waals surface area contributed by atoms with Gasteiger partial charge in [0.1, 0.15) is 12.1 Å². The minimum absolute atomic E-state index is 0.0278. The van der Waals surface area contributed by atoms with Gasteiger partial charge in [0.15, 0.2) is 5.69 Å². The summed E-state index contributed by atoms with van der Waals surface area (Å²) in [5.41, 5.74) is 1.05. The number of carbonyl (C=O) groups is 1. The van der Waals surface area contributed by atoms with Gasteiger partial charge in [-0.1, -0.05) is 0 Å². The molecule has 0 bridgehead atoms. The van der Waals surface area contributed by atoms with Gasteiger partial charge in [-0.25, -0.2) is 4.98 Å². The summed E-state index contributed by atoms with van der Waals surface area (Å²) >= 11 is 0.